The van der Waals surface area contributed by atoms with Crippen LogP contribution in [0.3, 0.4) is 0 Å². The summed E-state index contributed by atoms with van der Waals surface area (Å²) in [6.45, 7) is 2.82. The van der Waals surface area contributed by atoms with Gasteiger partial charge in [0.2, 0.25) is 5.91 Å². The van der Waals surface area contributed by atoms with Gasteiger partial charge >= 0.3 is 0 Å². The summed E-state index contributed by atoms with van der Waals surface area (Å²) in [5, 5.41) is 2.91. The molecule has 0 saturated carbocycles. The Morgan fingerprint density at radius 2 is 1.82 bits per heavy atom. The van der Waals surface area contributed by atoms with Gasteiger partial charge in [0.05, 0.1) is 0 Å². The van der Waals surface area contributed by atoms with Crippen LogP contribution in [0.2, 0.25) is 0 Å². The molecule has 3 heteroatoms. The van der Waals surface area contributed by atoms with Crippen molar-refractivity contribution in [3.63, 3.8) is 0 Å². The van der Waals surface area contributed by atoms with Crippen LogP contribution in [0.25, 0.3) is 6.08 Å². The van der Waals surface area contributed by atoms with E-state index in [2.05, 4.69) is 36.5 Å². The lowest BCUT2D eigenvalue weighted by Crippen LogP contribution is -2.23. The van der Waals surface area contributed by atoms with Crippen molar-refractivity contribution in [3.05, 3.63) is 77.4 Å². The number of rotatable bonds is 7. The van der Waals surface area contributed by atoms with Crippen molar-refractivity contribution in [1.82, 2.24) is 5.32 Å². The van der Waals surface area contributed by atoms with Gasteiger partial charge in [0.25, 0.3) is 0 Å². The number of nitrogens with one attached hydrogen (secondary N) is 1. The summed E-state index contributed by atoms with van der Waals surface area (Å²) in [5.41, 5.74) is 3.72. The predicted octanol–water partition coefficient (Wildman–Crippen LogP) is 4.06. The van der Waals surface area contributed by atoms with Crippen molar-refractivity contribution in [1.29, 1.82) is 0 Å². The number of aryl methyl sites for hydroxylation is 1. The van der Waals surface area contributed by atoms with Gasteiger partial charge < -0.3 is 5.32 Å². The number of benzene rings is 2. The molecule has 0 radical (unpaired) electrons. The van der Waals surface area contributed by atoms with E-state index in [0.29, 0.717) is 6.54 Å². The molecule has 22 heavy (non-hydrogen) atoms. The molecule has 0 heterocycles. The van der Waals surface area contributed by atoms with Crippen molar-refractivity contribution < 1.29 is 4.79 Å². The van der Waals surface area contributed by atoms with Crippen molar-refractivity contribution >= 4 is 23.7 Å². The average Bonchev–Trinajstić information content (AvgIpc) is 2.55. The lowest BCUT2D eigenvalue weighted by molar-refractivity contribution is -0.116. The second-order valence-electron chi connectivity index (χ2n) is 5.01. The van der Waals surface area contributed by atoms with Gasteiger partial charge in [-0.25, -0.2) is 0 Å². The van der Waals surface area contributed by atoms with E-state index >= 15 is 0 Å². The maximum absolute atomic E-state index is 11.7. The number of carbonyl (C=O) groups excluding carboxylic acids is 1. The molecule has 0 saturated heterocycles. The molecular formula is C19H21NOS. The van der Waals surface area contributed by atoms with Crippen molar-refractivity contribution in [2.75, 3.05) is 12.3 Å². The Morgan fingerprint density at radius 3 is 2.59 bits per heavy atom. The summed E-state index contributed by atoms with van der Waals surface area (Å²) in [5.74, 6) is 1.86. The molecule has 0 aromatic heterocycles. The molecule has 2 aromatic carbocycles. The third-order valence-corrected chi connectivity index (χ3v) is 4.30. The number of hydrogen-bond acceptors (Lipinski definition) is 2. The lowest BCUT2D eigenvalue weighted by Gasteiger charge is -2.05. The maximum atomic E-state index is 11.7. The number of thioether (sulfide) groups is 1. The van der Waals surface area contributed by atoms with Gasteiger partial charge in [-0.1, -0.05) is 54.6 Å². The first-order valence-electron chi connectivity index (χ1n) is 7.39. The molecule has 0 atom stereocenters. The molecule has 0 aliphatic heterocycles. The topological polar surface area (TPSA) is 29.1 Å². The first-order valence-corrected chi connectivity index (χ1v) is 8.54. The van der Waals surface area contributed by atoms with Crippen LogP contribution in [0.15, 0.2) is 60.7 Å². The standard InChI is InChI=1S/C19H21NOS/c1-16-7-5-6-10-18(16)15-22-14-13-20-19(21)12-11-17-8-3-2-4-9-17/h2-12H,13-15H2,1H3,(H,20,21)/b12-11+. The molecule has 2 rings (SSSR count). The Bertz CT molecular complexity index is 622. The fourth-order valence-electron chi connectivity index (χ4n) is 2.00. The number of amides is 1. The minimum Gasteiger partial charge on any atom is -0.352 e. The molecule has 114 valence electrons. The highest BCUT2D eigenvalue weighted by molar-refractivity contribution is 7.98. The van der Waals surface area contributed by atoms with E-state index in [9.17, 15) is 4.79 Å². The van der Waals surface area contributed by atoms with Crippen LogP contribution < -0.4 is 5.32 Å². The van der Waals surface area contributed by atoms with E-state index in [0.717, 1.165) is 17.1 Å². The quantitative estimate of drug-likeness (QED) is 0.617. The summed E-state index contributed by atoms with van der Waals surface area (Å²) in [4.78, 5) is 11.7. The van der Waals surface area contributed by atoms with Crippen LogP contribution in [0, 0.1) is 6.92 Å². The Morgan fingerprint density at radius 1 is 1.09 bits per heavy atom. The van der Waals surface area contributed by atoms with Crippen LogP contribution in [0.5, 0.6) is 0 Å². The van der Waals surface area contributed by atoms with Crippen molar-refractivity contribution in [2.45, 2.75) is 12.7 Å². The molecule has 0 spiro atoms. The van der Waals surface area contributed by atoms with Crippen molar-refractivity contribution in [3.8, 4) is 0 Å². The van der Waals surface area contributed by atoms with Gasteiger partial charge in [-0.3, -0.25) is 4.79 Å². The first-order chi connectivity index (χ1) is 10.8. The van der Waals surface area contributed by atoms with E-state index in [-0.39, 0.29) is 5.91 Å². The highest BCUT2D eigenvalue weighted by Crippen LogP contribution is 2.15. The molecule has 1 N–H and O–H groups in total. The van der Waals surface area contributed by atoms with E-state index in [1.807, 2.05) is 48.2 Å². The third-order valence-electron chi connectivity index (χ3n) is 3.29. The smallest absolute Gasteiger partial charge is 0.244 e. The second-order valence-corrected chi connectivity index (χ2v) is 6.12. The van der Waals surface area contributed by atoms with E-state index in [4.69, 9.17) is 0 Å². The van der Waals surface area contributed by atoms with E-state index in [1.165, 1.54) is 11.1 Å². The molecule has 0 fully saturated rings. The fourth-order valence-corrected chi connectivity index (χ4v) is 2.93. The van der Waals surface area contributed by atoms with Crippen LogP contribution in [0.4, 0.5) is 0 Å². The SMILES string of the molecule is Cc1ccccc1CSCCNC(=O)/C=C/c1ccccc1. The zero-order valence-corrected chi connectivity index (χ0v) is 13.6. The van der Waals surface area contributed by atoms with Crippen LogP contribution in [0.1, 0.15) is 16.7 Å². The Labute approximate surface area is 136 Å². The zero-order valence-electron chi connectivity index (χ0n) is 12.8. The molecule has 2 aromatic rings. The summed E-state index contributed by atoms with van der Waals surface area (Å²) in [6, 6.07) is 18.2. The molecule has 0 aliphatic rings. The van der Waals surface area contributed by atoms with Gasteiger partial charge in [0.1, 0.15) is 0 Å². The summed E-state index contributed by atoms with van der Waals surface area (Å²) >= 11 is 1.84. The van der Waals surface area contributed by atoms with E-state index < -0.39 is 0 Å². The minimum atomic E-state index is -0.0413. The van der Waals surface area contributed by atoms with Crippen molar-refractivity contribution in [2.24, 2.45) is 0 Å². The van der Waals surface area contributed by atoms with Gasteiger partial charge in [-0.15, -0.1) is 0 Å². The number of carbonyl (C=O) groups is 1. The molecule has 0 aliphatic carbocycles. The van der Waals surface area contributed by atoms with Crippen LogP contribution >= 0.6 is 11.8 Å². The summed E-state index contributed by atoms with van der Waals surface area (Å²) < 4.78 is 0. The van der Waals surface area contributed by atoms with E-state index in [1.54, 1.807) is 6.08 Å². The van der Waals surface area contributed by atoms with Crippen LogP contribution in [-0.2, 0) is 10.5 Å². The Kier molecular flexibility index (Phi) is 6.78. The highest BCUT2D eigenvalue weighted by Gasteiger charge is 1.98. The molecular weight excluding hydrogens is 290 g/mol. The minimum absolute atomic E-state index is 0.0413. The fraction of sp³-hybridized carbons (Fsp3) is 0.211. The first kappa shape index (κ1) is 16.4. The van der Waals surface area contributed by atoms with Crippen LogP contribution in [-0.4, -0.2) is 18.2 Å². The van der Waals surface area contributed by atoms with Gasteiger partial charge in [-0.2, -0.15) is 11.8 Å². The Balaban J connectivity index is 1.63. The summed E-state index contributed by atoms with van der Waals surface area (Å²) in [6.07, 6.45) is 3.41. The zero-order chi connectivity index (χ0) is 15.6. The van der Waals surface area contributed by atoms with Gasteiger partial charge in [0.15, 0.2) is 0 Å². The molecule has 0 bridgehead atoms. The van der Waals surface area contributed by atoms with Gasteiger partial charge in [0, 0.05) is 24.1 Å². The Hall–Kier alpha value is -2.00. The molecule has 1 amide bonds. The largest absolute Gasteiger partial charge is 0.352 e. The summed E-state index contributed by atoms with van der Waals surface area (Å²) in [7, 11) is 0. The average molecular weight is 311 g/mol. The third kappa shape index (κ3) is 5.78. The monoisotopic (exact) mass is 311 g/mol. The predicted molar refractivity (Wildman–Crippen MR) is 95.8 cm³/mol. The highest BCUT2D eigenvalue weighted by atomic mass is 32.2. The maximum Gasteiger partial charge on any atom is 0.244 e. The lowest BCUT2D eigenvalue weighted by atomic mass is 10.1. The second kappa shape index (κ2) is 9.11. The molecule has 2 nitrogen and oxygen atoms in total. The van der Waals surface area contributed by atoms with Gasteiger partial charge in [-0.05, 0) is 29.7 Å². The molecule has 0 unspecified atom stereocenters. The number of hydrogen-bond donors (Lipinski definition) is 1. The normalized spacial score (nSPS) is 10.8.